The van der Waals surface area contributed by atoms with Crippen molar-refractivity contribution in [2.45, 2.75) is 12.8 Å². The third-order valence-corrected chi connectivity index (χ3v) is 5.11. The summed E-state index contributed by atoms with van der Waals surface area (Å²) in [6.45, 7) is 0.692. The molecule has 3 N–H and O–H groups in total. The summed E-state index contributed by atoms with van der Waals surface area (Å²) in [6.07, 6.45) is 3.38. The summed E-state index contributed by atoms with van der Waals surface area (Å²) in [4.78, 5) is 23.0. The average molecular weight is 388 g/mol. The molecule has 2 aromatic heterocycles. The molecule has 0 atom stereocenters. The first-order chi connectivity index (χ1) is 14.1. The number of benzene rings is 2. The highest BCUT2D eigenvalue weighted by Gasteiger charge is 2.18. The number of pyridine rings is 1. The van der Waals surface area contributed by atoms with E-state index in [-0.39, 0.29) is 17.1 Å². The van der Waals surface area contributed by atoms with Crippen LogP contribution in [0.4, 0.5) is 10.2 Å². The molecule has 0 spiro atoms. The predicted molar refractivity (Wildman–Crippen MR) is 109 cm³/mol. The Hall–Kier alpha value is -3.74. The Labute approximate surface area is 165 Å². The second-order valence-corrected chi connectivity index (χ2v) is 6.98. The van der Waals surface area contributed by atoms with Gasteiger partial charge in [-0.05, 0) is 60.2 Å². The van der Waals surface area contributed by atoms with E-state index in [9.17, 15) is 9.18 Å². The zero-order chi connectivity index (χ0) is 20.0. The van der Waals surface area contributed by atoms with E-state index >= 15 is 0 Å². The molecule has 1 aliphatic rings. The Morgan fingerprint density at radius 3 is 2.76 bits per heavy atom. The van der Waals surface area contributed by atoms with Gasteiger partial charge in [0.15, 0.2) is 5.82 Å². The molecule has 0 amide bonds. The molecule has 5 rings (SSSR count). The first-order valence-electron chi connectivity index (χ1n) is 9.31. The van der Waals surface area contributed by atoms with Gasteiger partial charge in [-0.1, -0.05) is 6.07 Å². The largest absolute Gasteiger partial charge is 0.493 e. The molecule has 1 aliphatic heterocycles. The van der Waals surface area contributed by atoms with E-state index in [1.165, 1.54) is 0 Å². The third-order valence-electron chi connectivity index (χ3n) is 5.11. The summed E-state index contributed by atoms with van der Waals surface area (Å²) < 4.78 is 20.3. The number of nitrogens with zero attached hydrogens (tertiary/aromatic N) is 2. The van der Waals surface area contributed by atoms with Crippen LogP contribution in [-0.2, 0) is 6.42 Å². The minimum Gasteiger partial charge on any atom is -0.493 e. The van der Waals surface area contributed by atoms with E-state index in [0.29, 0.717) is 28.8 Å². The fourth-order valence-electron chi connectivity index (χ4n) is 3.67. The molecule has 0 radical (unpaired) electrons. The summed E-state index contributed by atoms with van der Waals surface area (Å²) in [5, 5.41) is 1.30. The highest BCUT2D eigenvalue weighted by molar-refractivity contribution is 5.87. The van der Waals surface area contributed by atoms with Gasteiger partial charge < -0.3 is 15.5 Å². The molecule has 0 saturated heterocycles. The van der Waals surface area contributed by atoms with E-state index in [4.69, 9.17) is 10.5 Å². The zero-order valence-electron chi connectivity index (χ0n) is 15.4. The number of nitrogens with two attached hydrogens (primary N) is 1. The molecule has 2 aromatic carbocycles. The maximum Gasteiger partial charge on any atom is 0.255 e. The van der Waals surface area contributed by atoms with Gasteiger partial charge in [-0.15, -0.1) is 0 Å². The molecule has 0 bridgehead atoms. The van der Waals surface area contributed by atoms with E-state index in [0.717, 1.165) is 29.5 Å². The molecule has 144 valence electrons. The Balaban J connectivity index is 1.65. The van der Waals surface area contributed by atoms with Crippen molar-refractivity contribution in [2.24, 2.45) is 0 Å². The minimum absolute atomic E-state index is 0.00302. The number of anilines is 1. The number of aromatic amines is 1. The van der Waals surface area contributed by atoms with Crippen LogP contribution in [0.15, 0.2) is 53.5 Å². The fourth-order valence-corrected chi connectivity index (χ4v) is 3.67. The molecule has 0 aliphatic carbocycles. The number of H-pyrrole nitrogens is 1. The molecule has 0 unspecified atom stereocenters. The van der Waals surface area contributed by atoms with Gasteiger partial charge in [0.2, 0.25) is 5.95 Å². The monoisotopic (exact) mass is 388 g/mol. The van der Waals surface area contributed by atoms with Crippen LogP contribution in [-0.4, -0.2) is 21.6 Å². The molecule has 7 heteroatoms. The number of aromatic nitrogens is 3. The first kappa shape index (κ1) is 17.4. The molecule has 0 fully saturated rings. The Morgan fingerprint density at radius 1 is 1.03 bits per heavy atom. The summed E-state index contributed by atoms with van der Waals surface area (Å²) in [7, 11) is 0. The molecular formula is C22H17FN4O2. The number of halogens is 1. The predicted octanol–water partition coefficient (Wildman–Crippen LogP) is 3.70. The zero-order valence-corrected chi connectivity index (χ0v) is 15.4. The van der Waals surface area contributed by atoms with Gasteiger partial charge in [0.05, 0.1) is 6.61 Å². The van der Waals surface area contributed by atoms with Gasteiger partial charge in [0.1, 0.15) is 17.1 Å². The van der Waals surface area contributed by atoms with Crippen LogP contribution >= 0.6 is 0 Å². The lowest BCUT2D eigenvalue weighted by Gasteiger charge is -2.18. The van der Waals surface area contributed by atoms with Crippen molar-refractivity contribution in [3.8, 4) is 28.3 Å². The molecule has 3 heterocycles. The van der Waals surface area contributed by atoms with Gasteiger partial charge in [-0.25, -0.2) is 4.98 Å². The summed E-state index contributed by atoms with van der Waals surface area (Å²) in [6, 6.07) is 12.5. The SMILES string of the molecule is Nc1nc(F)c(-c2ccc3c(c2)CCCO3)nc1-c1ccc2c(=O)[nH]ccc2c1. The van der Waals surface area contributed by atoms with Gasteiger partial charge in [-0.2, -0.15) is 9.37 Å². The fraction of sp³-hybridized carbons (Fsp3) is 0.136. The van der Waals surface area contributed by atoms with E-state index < -0.39 is 5.95 Å². The van der Waals surface area contributed by atoms with Gasteiger partial charge >= 0.3 is 0 Å². The van der Waals surface area contributed by atoms with Crippen molar-refractivity contribution in [2.75, 3.05) is 12.3 Å². The van der Waals surface area contributed by atoms with Crippen molar-refractivity contribution in [1.29, 1.82) is 0 Å². The van der Waals surface area contributed by atoms with Crippen molar-refractivity contribution in [3.05, 3.63) is 70.5 Å². The number of fused-ring (bicyclic) bond motifs is 2. The van der Waals surface area contributed by atoms with Crippen molar-refractivity contribution in [3.63, 3.8) is 0 Å². The molecule has 4 aromatic rings. The van der Waals surface area contributed by atoms with Crippen LogP contribution in [0.1, 0.15) is 12.0 Å². The number of hydrogen-bond acceptors (Lipinski definition) is 5. The number of rotatable bonds is 2. The van der Waals surface area contributed by atoms with Crippen LogP contribution in [0.25, 0.3) is 33.3 Å². The summed E-state index contributed by atoms with van der Waals surface area (Å²) >= 11 is 0. The van der Waals surface area contributed by atoms with Crippen LogP contribution < -0.4 is 16.0 Å². The lowest BCUT2D eigenvalue weighted by atomic mass is 10.0. The van der Waals surface area contributed by atoms with Crippen LogP contribution in [0.5, 0.6) is 5.75 Å². The van der Waals surface area contributed by atoms with Crippen LogP contribution in [0, 0.1) is 5.95 Å². The number of nitrogens with one attached hydrogen (secondary N) is 1. The Kier molecular flexibility index (Phi) is 4.01. The molecule has 0 saturated carbocycles. The molecule has 6 nitrogen and oxygen atoms in total. The van der Waals surface area contributed by atoms with E-state index in [2.05, 4.69) is 15.0 Å². The van der Waals surface area contributed by atoms with Crippen LogP contribution in [0.3, 0.4) is 0 Å². The lowest BCUT2D eigenvalue weighted by molar-refractivity contribution is 0.288. The highest BCUT2D eigenvalue weighted by Crippen LogP contribution is 2.33. The average Bonchev–Trinajstić information content (AvgIpc) is 2.73. The van der Waals surface area contributed by atoms with Crippen molar-refractivity contribution >= 4 is 16.6 Å². The van der Waals surface area contributed by atoms with Gasteiger partial charge in [0, 0.05) is 22.7 Å². The Bertz CT molecular complexity index is 1320. The topological polar surface area (TPSA) is 93.9 Å². The van der Waals surface area contributed by atoms with Crippen molar-refractivity contribution in [1.82, 2.24) is 15.0 Å². The normalized spacial score (nSPS) is 13.1. The quantitative estimate of drug-likeness (QED) is 0.546. The lowest BCUT2D eigenvalue weighted by Crippen LogP contribution is -2.09. The maximum absolute atomic E-state index is 14.6. The number of nitrogen functional groups attached to an aromatic ring is 1. The van der Waals surface area contributed by atoms with Gasteiger partial charge in [-0.3, -0.25) is 4.79 Å². The Morgan fingerprint density at radius 2 is 1.86 bits per heavy atom. The number of ether oxygens (including phenoxy) is 1. The highest BCUT2D eigenvalue weighted by atomic mass is 19.1. The number of aryl methyl sites for hydroxylation is 1. The third kappa shape index (κ3) is 3.00. The van der Waals surface area contributed by atoms with Crippen LogP contribution in [0.2, 0.25) is 0 Å². The summed E-state index contributed by atoms with van der Waals surface area (Å²) in [5.41, 5.74) is 8.62. The van der Waals surface area contributed by atoms with Crippen molar-refractivity contribution < 1.29 is 9.13 Å². The second-order valence-electron chi connectivity index (χ2n) is 6.98. The smallest absolute Gasteiger partial charge is 0.255 e. The maximum atomic E-state index is 14.6. The standard InChI is InChI=1S/C22H17FN4O2/c23-20-18(14-4-6-17-13(11-14)2-1-9-29-17)26-19(21(24)27-20)15-3-5-16-12(10-15)7-8-25-22(16)28/h3-8,10-11H,1-2,9H2,(H2,24,27)(H,25,28). The second kappa shape index (κ2) is 6.70. The van der Waals surface area contributed by atoms with Gasteiger partial charge in [0.25, 0.3) is 5.56 Å². The number of hydrogen-bond donors (Lipinski definition) is 2. The first-order valence-corrected chi connectivity index (χ1v) is 9.31. The summed E-state index contributed by atoms with van der Waals surface area (Å²) in [5.74, 6) is 0.0979. The minimum atomic E-state index is -0.722. The molecular weight excluding hydrogens is 371 g/mol. The van der Waals surface area contributed by atoms with E-state index in [1.807, 2.05) is 12.1 Å². The van der Waals surface area contributed by atoms with E-state index in [1.54, 1.807) is 36.5 Å². The molecule has 29 heavy (non-hydrogen) atoms.